The number of hydrogen-bond acceptors (Lipinski definition) is 5. The van der Waals surface area contributed by atoms with Crippen LogP contribution in [0, 0.1) is 26.6 Å². The smallest absolute Gasteiger partial charge is 0.210 e. The summed E-state index contributed by atoms with van der Waals surface area (Å²) in [4.78, 5) is 25.0. The fraction of sp³-hybridized carbons (Fsp3) is 0.394. The van der Waals surface area contributed by atoms with Crippen LogP contribution in [0.15, 0.2) is 48.5 Å². The largest absolute Gasteiger partial charge is 0.400 e. The van der Waals surface area contributed by atoms with E-state index in [1.54, 1.807) is 37.8 Å². The fourth-order valence-corrected chi connectivity index (χ4v) is 4.48. The molecule has 0 aromatic heterocycles. The van der Waals surface area contributed by atoms with Crippen LogP contribution < -0.4 is 5.32 Å². The van der Waals surface area contributed by atoms with Gasteiger partial charge >= 0.3 is 0 Å². The van der Waals surface area contributed by atoms with Crippen LogP contribution in [0.2, 0.25) is 0 Å². The van der Waals surface area contributed by atoms with Gasteiger partial charge in [0.05, 0.1) is 5.60 Å². The molecular formula is C33H45FN2O4. The molecule has 1 amide bonds. The molecule has 0 spiro atoms. The summed E-state index contributed by atoms with van der Waals surface area (Å²) in [5.74, 6) is -0.291. The highest BCUT2D eigenvalue weighted by molar-refractivity contribution is 5.82. The summed E-state index contributed by atoms with van der Waals surface area (Å²) in [5.41, 5.74) is 9.06. The summed E-state index contributed by atoms with van der Waals surface area (Å²) in [6.07, 6.45) is 2.79. The lowest BCUT2D eigenvalue weighted by Gasteiger charge is -2.25. The van der Waals surface area contributed by atoms with Crippen molar-refractivity contribution in [3.63, 3.8) is 0 Å². The molecule has 6 nitrogen and oxygen atoms in total. The van der Waals surface area contributed by atoms with Crippen LogP contribution >= 0.6 is 0 Å². The highest BCUT2D eigenvalue weighted by Crippen LogP contribution is 2.38. The highest BCUT2D eigenvalue weighted by Gasteiger charge is 2.20. The van der Waals surface area contributed by atoms with E-state index in [0.717, 1.165) is 64.4 Å². The van der Waals surface area contributed by atoms with E-state index in [1.165, 1.54) is 17.7 Å². The predicted octanol–water partition coefficient (Wildman–Crippen LogP) is 5.79. The highest BCUT2D eigenvalue weighted by atomic mass is 19.1. The summed E-state index contributed by atoms with van der Waals surface area (Å²) in [6, 6.07) is 14.6. The van der Waals surface area contributed by atoms with Gasteiger partial charge < -0.3 is 25.2 Å². The zero-order valence-electron chi connectivity index (χ0n) is 25.1. The van der Waals surface area contributed by atoms with Gasteiger partial charge in [-0.2, -0.15) is 0 Å². The van der Waals surface area contributed by atoms with Crippen molar-refractivity contribution in [2.24, 2.45) is 0 Å². The third-order valence-corrected chi connectivity index (χ3v) is 6.23. The number of carbonyl (C=O) groups is 2. The summed E-state index contributed by atoms with van der Waals surface area (Å²) in [7, 11) is 2.89. The van der Waals surface area contributed by atoms with Crippen LogP contribution in [0.25, 0.3) is 11.1 Å². The lowest BCUT2D eigenvalue weighted by molar-refractivity contribution is -0.118. The number of amides is 1. The van der Waals surface area contributed by atoms with E-state index < -0.39 is 5.60 Å². The third-order valence-electron chi connectivity index (χ3n) is 6.23. The number of nitrogens with zero attached hydrogens (tertiary/aromatic N) is 1. The van der Waals surface area contributed by atoms with Crippen LogP contribution in [-0.4, -0.2) is 54.1 Å². The van der Waals surface area contributed by atoms with E-state index >= 15 is 0 Å². The fourth-order valence-electron chi connectivity index (χ4n) is 4.48. The van der Waals surface area contributed by atoms with Gasteiger partial charge in [0.15, 0.2) is 0 Å². The molecule has 0 heterocycles. The Morgan fingerprint density at radius 3 is 1.93 bits per heavy atom. The molecule has 7 heteroatoms. The number of anilines is 1. The van der Waals surface area contributed by atoms with Crippen LogP contribution in [-0.2, 0) is 29.0 Å². The molecular weight excluding hydrogens is 507 g/mol. The molecule has 40 heavy (non-hydrogen) atoms. The van der Waals surface area contributed by atoms with Gasteiger partial charge in [-0.05, 0) is 99.0 Å². The van der Waals surface area contributed by atoms with Crippen LogP contribution in [0.4, 0.5) is 10.1 Å². The molecule has 3 aromatic carbocycles. The Kier molecular flexibility index (Phi) is 14.2. The molecule has 0 atom stereocenters. The summed E-state index contributed by atoms with van der Waals surface area (Å²) in [5, 5.41) is 18.8. The lowest BCUT2D eigenvalue weighted by Crippen LogP contribution is -2.25. The Bertz CT molecular complexity index is 1210. The number of aryl methyl sites for hydroxylation is 1. The third kappa shape index (κ3) is 10.5. The molecule has 3 N–H and O–H groups in total. The Labute approximate surface area is 238 Å². The molecule has 218 valence electrons. The average Bonchev–Trinajstić information content (AvgIpc) is 2.91. The maximum atomic E-state index is 13.2. The van der Waals surface area contributed by atoms with Gasteiger partial charge in [0.25, 0.3) is 0 Å². The average molecular weight is 553 g/mol. The van der Waals surface area contributed by atoms with E-state index in [2.05, 4.69) is 43.4 Å². The van der Waals surface area contributed by atoms with Crippen molar-refractivity contribution in [1.82, 2.24) is 4.90 Å². The van der Waals surface area contributed by atoms with E-state index in [4.69, 9.17) is 10.2 Å². The summed E-state index contributed by atoms with van der Waals surface area (Å²) in [6.45, 7) is 12.4. The first-order valence-electron chi connectivity index (χ1n) is 13.3. The lowest BCUT2D eigenvalue weighted by atomic mass is 9.84. The summed E-state index contributed by atoms with van der Waals surface area (Å²) < 4.78 is 13.2. The van der Waals surface area contributed by atoms with Crippen LogP contribution in [0.1, 0.15) is 54.2 Å². The standard InChI is InChI=1S/C28H31FN2O2.C4H10O.CH4O/c1-19-5-9-23(10-6-19)27-20(2)26(28(30-4)21(3)25(27)14-16-32)13-15-31(18-33)17-22-7-11-24(29)12-8-22;1-4(2,3)5;1-2/h5-12,16,18,30H,13-15,17H2,1-4H3;5H,1-3H3;2H,1H3. The van der Waals surface area contributed by atoms with E-state index in [0.29, 0.717) is 25.9 Å². The Morgan fingerprint density at radius 2 is 1.45 bits per heavy atom. The summed E-state index contributed by atoms with van der Waals surface area (Å²) >= 11 is 0. The van der Waals surface area contributed by atoms with Crippen molar-refractivity contribution in [3.8, 4) is 11.1 Å². The number of aldehydes is 1. The molecule has 0 aliphatic heterocycles. The first-order chi connectivity index (χ1) is 18.9. The SMILES string of the molecule is CC(C)(C)O.CNc1c(C)c(CC=O)c(-c2ccc(C)cc2)c(C)c1CCN(C=O)Cc1ccc(F)cc1.CO. The monoisotopic (exact) mass is 552 g/mol. The van der Waals surface area contributed by atoms with Gasteiger partial charge in [-0.1, -0.05) is 42.0 Å². The number of aliphatic hydroxyl groups is 2. The molecule has 3 rings (SSSR count). The van der Waals surface area contributed by atoms with Gasteiger partial charge in [0.1, 0.15) is 12.1 Å². The van der Waals surface area contributed by atoms with Crippen LogP contribution in [0.3, 0.4) is 0 Å². The molecule has 0 fully saturated rings. The van der Waals surface area contributed by atoms with Crippen molar-refractivity contribution >= 4 is 18.4 Å². The Balaban J connectivity index is 0.00000103. The van der Waals surface area contributed by atoms with Crippen molar-refractivity contribution in [2.75, 3.05) is 26.0 Å². The first kappa shape index (κ1) is 34.5. The van der Waals surface area contributed by atoms with E-state index in [1.807, 2.05) is 14.0 Å². The number of carbonyl (C=O) groups excluding carboxylic acids is 2. The number of rotatable bonds is 10. The molecule has 0 saturated heterocycles. The number of aliphatic hydroxyl groups excluding tert-OH is 1. The normalized spacial score (nSPS) is 10.5. The van der Waals surface area contributed by atoms with Crippen molar-refractivity contribution < 1.29 is 24.2 Å². The van der Waals surface area contributed by atoms with Gasteiger partial charge in [-0.15, -0.1) is 0 Å². The first-order valence-corrected chi connectivity index (χ1v) is 13.3. The molecule has 0 unspecified atom stereocenters. The van der Waals surface area contributed by atoms with Gasteiger partial charge in [-0.3, -0.25) is 4.79 Å². The maximum Gasteiger partial charge on any atom is 0.210 e. The quantitative estimate of drug-likeness (QED) is 0.277. The zero-order chi connectivity index (χ0) is 30.5. The maximum absolute atomic E-state index is 13.2. The number of halogens is 1. The zero-order valence-corrected chi connectivity index (χ0v) is 25.1. The van der Waals surface area contributed by atoms with Crippen molar-refractivity contribution in [2.45, 2.75) is 66.5 Å². The second-order valence-corrected chi connectivity index (χ2v) is 10.6. The predicted molar refractivity (Wildman–Crippen MR) is 162 cm³/mol. The second-order valence-electron chi connectivity index (χ2n) is 10.6. The molecule has 0 radical (unpaired) electrons. The number of nitrogens with one attached hydrogen (secondary N) is 1. The minimum Gasteiger partial charge on any atom is -0.400 e. The minimum atomic E-state index is -0.500. The molecule has 0 saturated carbocycles. The van der Waals surface area contributed by atoms with Gasteiger partial charge in [0, 0.05) is 39.4 Å². The van der Waals surface area contributed by atoms with Crippen molar-refractivity contribution in [1.29, 1.82) is 0 Å². The second kappa shape index (κ2) is 16.5. The van der Waals surface area contributed by atoms with E-state index in [9.17, 15) is 14.0 Å². The minimum absolute atomic E-state index is 0.291. The molecule has 0 aliphatic carbocycles. The van der Waals surface area contributed by atoms with Crippen LogP contribution in [0.5, 0.6) is 0 Å². The number of benzene rings is 3. The Hall–Kier alpha value is -3.55. The molecule has 0 bridgehead atoms. The number of hydrogen-bond donors (Lipinski definition) is 3. The topological polar surface area (TPSA) is 89.9 Å². The van der Waals surface area contributed by atoms with Crippen molar-refractivity contribution in [3.05, 3.63) is 87.7 Å². The molecule has 0 aliphatic rings. The van der Waals surface area contributed by atoms with Gasteiger partial charge in [-0.25, -0.2) is 4.39 Å². The van der Waals surface area contributed by atoms with Gasteiger partial charge in [0.2, 0.25) is 6.41 Å². The van der Waals surface area contributed by atoms with E-state index in [-0.39, 0.29) is 5.82 Å². The molecule has 3 aromatic rings. The Morgan fingerprint density at radius 1 is 0.900 bits per heavy atom.